The quantitative estimate of drug-likeness (QED) is 0.359. The largest absolute Gasteiger partial charge is 0.497 e. The van der Waals surface area contributed by atoms with Gasteiger partial charge in [0.25, 0.3) is 0 Å². The molecule has 3 heterocycles. The van der Waals surface area contributed by atoms with E-state index in [-0.39, 0.29) is 5.82 Å². The lowest BCUT2D eigenvalue weighted by Crippen LogP contribution is -1.87. The first-order valence-corrected chi connectivity index (χ1v) is 10.5. The molecule has 0 aliphatic rings. The minimum absolute atomic E-state index is 0.335. The van der Waals surface area contributed by atoms with Crippen LogP contribution in [0.2, 0.25) is 0 Å². The number of rotatable bonds is 4. The van der Waals surface area contributed by atoms with Crippen LogP contribution >= 0.6 is 0 Å². The normalized spacial score (nSPS) is 11.5. The smallest absolute Gasteiger partial charge is 0.127 e. The first kappa shape index (κ1) is 19.3. The van der Waals surface area contributed by atoms with Crippen molar-refractivity contribution in [1.29, 1.82) is 0 Å². The van der Waals surface area contributed by atoms with Crippen LogP contribution in [0.1, 0.15) is 0 Å². The van der Waals surface area contributed by atoms with Crippen molar-refractivity contribution in [3.8, 4) is 39.4 Å². The highest BCUT2D eigenvalue weighted by molar-refractivity contribution is 6.01. The number of fused-ring (bicyclic) bond motifs is 2. The molecular weight excluding hydrogens is 417 g/mol. The molecule has 0 aliphatic carbocycles. The minimum atomic E-state index is -0.335. The Morgan fingerprint density at radius 3 is 2.64 bits per heavy atom. The number of aromatic nitrogens is 5. The van der Waals surface area contributed by atoms with Crippen LogP contribution in [0.25, 0.3) is 55.4 Å². The number of benzene rings is 3. The Morgan fingerprint density at radius 1 is 0.909 bits per heavy atom. The number of hydrogen-bond acceptors (Lipinski definition) is 3. The van der Waals surface area contributed by atoms with Crippen molar-refractivity contribution in [2.75, 3.05) is 7.11 Å². The maximum atomic E-state index is 14.2. The Hall–Kier alpha value is -4.39. The monoisotopic (exact) mass is 437 g/mol. The molecule has 3 aromatic carbocycles. The maximum Gasteiger partial charge on any atom is 0.127 e. The Labute approximate surface area is 188 Å². The number of halogens is 1. The van der Waals surface area contributed by atoms with Crippen molar-refractivity contribution in [2.45, 2.75) is 0 Å². The van der Waals surface area contributed by atoms with E-state index in [1.54, 1.807) is 4.68 Å². The Bertz CT molecular complexity index is 1640. The van der Waals surface area contributed by atoms with E-state index in [0.717, 1.165) is 55.4 Å². The molecule has 6 aromatic rings. The van der Waals surface area contributed by atoms with Gasteiger partial charge in [-0.1, -0.05) is 18.2 Å². The lowest BCUT2D eigenvalue weighted by molar-refractivity contribution is 0.411. The second kappa shape index (κ2) is 7.34. The van der Waals surface area contributed by atoms with Gasteiger partial charge in [0.15, 0.2) is 0 Å². The van der Waals surface area contributed by atoms with Crippen LogP contribution < -0.4 is 4.74 Å². The molecule has 0 saturated carbocycles. The highest BCUT2D eigenvalue weighted by Gasteiger charge is 2.15. The summed E-state index contributed by atoms with van der Waals surface area (Å²) in [7, 11) is 3.44. The Morgan fingerprint density at radius 2 is 1.82 bits per heavy atom. The highest BCUT2D eigenvalue weighted by atomic mass is 19.1. The van der Waals surface area contributed by atoms with E-state index >= 15 is 0 Å². The fourth-order valence-electron chi connectivity index (χ4n) is 4.34. The van der Waals surface area contributed by atoms with Crippen molar-refractivity contribution < 1.29 is 9.13 Å². The fourth-order valence-corrected chi connectivity index (χ4v) is 4.34. The van der Waals surface area contributed by atoms with Gasteiger partial charge in [0, 0.05) is 41.2 Å². The number of methoxy groups -OCH3 is 1. The van der Waals surface area contributed by atoms with E-state index in [1.165, 1.54) is 19.2 Å². The molecule has 0 amide bonds. The van der Waals surface area contributed by atoms with Gasteiger partial charge in [-0.2, -0.15) is 10.2 Å². The summed E-state index contributed by atoms with van der Waals surface area (Å²) in [5.41, 5.74) is 7.41. The summed E-state index contributed by atoms with van der Waals surface area (Å²) in [6.45, 7) is 0. The highest BCUT2D eigenvalue weighted by Crippen LogP contribution is 2.36. The fraction of sp³-hybridized carbons (Fsp3) is 0.0769. The van der Waals surface area contributed by atoms with E-state index in [2.05, 4.69) is 38.5 Å². The van der Waals surface area contributed by atoms with Crippen LogP contribution in [0.15, 0.2) is 73.1 Å². The summed E-state index contributed by atoms with van der Waals surface area (Å²) < 4.78 is 21.2. The predicted octanol–water partition coefficient (Wildman–Crippen LogP) is 5.93. The van der Waals surface area contributed by atoms with E-state index in [4.69, 9.17) is 4.74 Å². The van der Waals surface area contributed by atoms with Crippen molar-refractivity contribution in [3.05, 3.63) is 78.9 Å². The summed E-state index contributed by atoms with van der Waals surface area (Å²) in [5.74, 6) is 0.150. The van der Waals surface area contributed by atoms with Crippen LogP contribution in [0, 0.1) is 5.82 Å². The molecule has 0 radical (unpaired) electrons. The molecule has 0 fully saturated rings. The van der Waals surface area contributed by atoms with Crippen LogP contribution in [-0.2, 0) is 7.05 Å². The van der Waals surface area contributed by atoms with Crippen molar-refractivity contribution in [1.82, 2.24) is 25.0 Å². The average Bonchev–Trinajstić information content (AvgIpc) is 3.55. The lowest BCUT2D eigenvalue weighted by Gasteiger charge is -2.07. The number of ether oxygens (including phenoxy) is 1. The van der Waals surface area contributed by atoms with Crippen LogP contribution in [-0.4, -0.2) is 32.1 Å². The van der Waals surface area contributed by atoms with Crippen LogP contribution in [0.5, 0.6) is 5.75 Å². The molecule has 0 unspecified atom stereocenters. The zero-order valence-electron chi connectivity index (χ0n) is 18.1. The molecule has 0 aliphatic heterocycles. The molecule has 0 saturated heterocycles. The van der Waals surface area contributed by atoms with Gasteiger partial charge in [-0.25, -0.2) is 4.39 Å². The molecule has 7 heteroatoms. The number of H-pyrrole nitrogens is 2. The standard InChI is InChI=1S/C26H20FN5O/c1-32-14-17(13-28-32)15-6-7-24-22(10-15)26(31-30-24)25-12-21-20(4-3-5-23(21)29-25)16-8-18(27)11-19(9-16)33-2/h3-14,29H,1-2H3,(H,30,31). The minimum Gasteiger partial charge on any atom is -0.497 e. The summed E-state index contributed by atoms with van der Waals surface area (Å²) in [6.07, 6.45) is 3.84. The summed E-state index contributed by atoms with van der Waals surface area (Å²) in [5, 5.41) is 14.0. The summed E-state index contributed by atoms with van der Waals surface area (Å²) in [6, 6.07) is 19.0. The molecule has 33 heavy (non-hydrogen) atoms. The summed E-state index contributed by atoms with van der Waals surface area (Å²) in [4.78, 5) is 3.48. The van der Waals surface area contributed by atoms with Gasteiger partial charge in [0.1, 0.15) is 17.3 Å². The third-order valence-corrected chi connectivity index (χ3v) is 5.94. The van der Waals surface area contributed by atoms with Gasteiger partial charge in [-0.3, -0.25) is 9.78 Å². The number of hydrogen-bond donors (Lipinski definition) is 2. The first-order chi connectivity index (χ1) is 16.1. The molecule has 2 N–H and O–H groups in total. The second-order valence-corrected chi connectivity index (χ2v) is 8.06. The first-order valence-electron chi connectivity index (χ1n) is 10.5. The number of nitrogens with one attached hydrogen (secondary N) is 2. The van der Waals surface area contributed by atoms with Crippen LogP contribution in [0.3, 0.4) is 0 Å². The molecule has 3 aromatic heterocycles. The topological polar surface area (TPSA) is 71.5 Å². The van der Waals surface area contributed by atoms with Crippen LogP contribution in [0.4, 0.5) is 4.39 Å². The van der Waals surface area contributed by atoms with E-state index in [9.17, 15) is 4.39 Å². The van der Waals surface area contributed by atoms with Gasteiger partial charge < -0.3 is 9.72 Å². The molecular formula is C26H20FN5O. The van der Waals surface area contributed by atoms with E-state index in [1.807, 2.05) is 49.8 Å². The van der Waals surface area contributed by atoms with Crippen molar-refractivity contribution in [2.24, 2.45) is 7.05 Å². The van der Waals surface area contributed by atoms with E-state index in [0.29, 0.717) is 5.75 Å². The van der Waals surface area contributed by atoms with E-state index < -0.39 is 0 Å². The van der Waals surface area contributed by atoms with Gasteiger partial charge in [-0.15, -0.1) is 0 Å². The zero-order valence-corrected chi connectivity index (χ0v) is 18.1. The van der Waals surface area contributed by atoms with Gasteiger partial charge in [0.2, 0.25) is 0 Å². The molecule has 6 rings (SSSR count). The maximum absolute atomic E-state index is 14.2. The van der Waals surface area contributed by atoms with Crippen molar-refractivity contribution in [3.63, 3.8) is 0 Å². The molecule has 0 spiro atoms. The SMILES string of the molecule is COc1cc(F)cc(-c2cccc3[nH]c(-c4n[nH]c5ccc(-c6cnn(C)c6)cc45)cc23)c1. The Balaban J connectivity index is 1.50. The molecule has 6 nitrogen and oxygen atoms in total. The third-order valence-electron chi connectivity index (χ3n) is 5.94. The van der Waals surface area contributed by atoms with Gasteiger partial charge >= 0.3 is 0 Å². The summed E-state index contributed by atoms with van der Waals surface area (Å²) >= 11 is 0. The molecule has 0 bridgehead atoms. The van der Waals surface area contributed by atoms with Gasteiger partial charge in [0.05, 0.1) is 24.5 Å². The molecule has 0 atom stereocenters. The third kappa shape index (κ3) is 3.25. The van der Waals surface area contributed by atoms with Crippen molar-refractivity contribution >= 4 is 21.8 Å². The van der Waals surface area contributed by atoms with Gasteiger partial charge in [-0.05, 0) is 53.1 Å². The number of nitrogens with zero attached hydrogens (tertiary/aromatic N) is 3. The molecule has 162 valence electrons. The number of aromatic amines is 2. The zero-order chi connectivity index (χ0) is 22.5. The average molecular weight is 437 g/mol. The predicted molar refractivity (Wildman–Crippen MR) is 128 cm³/mol. The Kier molecular flexibility index (Phi) is 4.29. The second-order valence-electron chi connectivity index (χ2n) is 8.06. The number of aryl methyl sites for hydroxylation is 1. The lowest BCUT2D eigenvalue weighted by atomic mass is 10.0.